The summed E-state index contributed by atoms with van der Waals surface area (Å²) in [5.74, 6) is 0.966. The van der Waals surface area contributed by atoms with Crippen molar-refractivity contribution in [2.45, 2.75) is 39.5 Å². The number of rotatable bonds is 2. The fraction of sp³-hybridized carbons (Fsp3) is 0.500. The first kappa shape index (κ1) is 21.6. The zero-order chi connectivity index (χ0) is 10.0. The molecule has 0 radical (unpaired) electrons. The summed E-state index contributed by atoms with van der Waals surface area (Å²) in [5, 5.41) is 0. The minimum Gasteiger partial charge on any atom is -0.698 e. The Balaban J connectivity index is -0.000000563. The molecule has 0 saturated carbocycles. The van der Waals surface area contributed by atoms with Gasteiger partial charge in [0.05, 0.1) is 0 Å². The zero-order valence-corrected chi connectivity index (χ0v) is 13.4. The van der Waals surface area contributed by atoms with E-state index in [2.05, 4.69) is 33.8 Å². The molecule has 0 heterocycles. The van der Waals surface area contributed by atoms with Crippen LogP contribution in [0.2, 0.25) is 0 Å². The third-order valence-electron chi connectivity index (χ3n) is 2.34. The van der Waals surface area contributed by atoms with Gasteiger partial charge in [-0.2, -0.15) is 0 Å². The van der Waals surface area contributed by atoms with Crippen LogP contribution in [0.1, 0.15) is 50.7 Å². The molecular formula is C12H20Cl2NTi-. The Bertz CT molecular complexity index is 301. The van der Waals surface area contributed by atoms with Crippen LogP contribution < -0.4 is 0 Å². The van der Waals surface area contributed by atoms with Crippen LogP contribution in [0, 0.1) is 0 Å². The van der Waals surface area contributed by atoms with Crippen molar-refractivity contribution in [2.24, 2.45) is 0 Å². The van der Waals surface area contributed by atoms with Crippen LogP contribution in [-0.4, -0.2) is 0 Å². The second-order valence-electron chi connectivity index (χ2n) is 4.12. The fourth-order valence-electron chi connectivity index (χ4n) is 1.73. The van der Waals surface area contributed by atoms with Crippen molar-refractivity contribution < 1.29 is 21.7 Å². The molecule has 4 heteroatoms. The number of halogens is 2. The Kier molecular flexibility index (Phi) is 12.6. The molecule has 1 nitrogen and oxygen atoms in total. The predicted octanol–water partition coefficient (Wildman–Crippen LogP) is 5.46. The first-order valence-corrected chi connectivity index (χ1v) is 4.88. The summed E-state index contributed by atoms with van der Waals surface area (Å²) >= 11 is 0. The average Bonchev–Trinajstić information content (AvgIpc) is 2.02. The van der Waals surface area contributed by atoms with E-state index in [4.69, 9.17) is 5.73 Å². The van der Waals surface area contributed by atoms with Gasteiger partial charge in [0.25, 0.3) is 0 Å². The van der Waals surface area contributed by atoms with Crippen LogP contribution >= 0.6 is 24.8 Å². The van der Waals surface area contributed by atoms with Gasteiger partial charge in [0, 0.05) is 21.7 Å². The maximum absolute atomic E-state index is 7.84. The monoisotopic (exact) mass is 296 g/mol. The SMILES string of the molecule is CC(C)c1cccc([NH-])c1C(C)C.Cl.Cl.[Ti]. The molecule has 0 aromatic heterocycles. The molecular weight excluding hydrogens is 277 g/mol. The number of benzene rings is 1. The van der Waals surface area contributed by atoms with Crippen LogP contribution in [-0.2, 0) is 21.7 Å². The quantitative estimate of drug-likeness (QED) is 0.647. The van der Waals surface area contributed by atoms with Crippen LogP contribution in [0.5, 0.6) is 0 Å². The number of hydrogen-bond acceptors (Lipinski definition) is 0. The second kappa shape index (κ2) is 9.36. The molecule has 0 aliphatic heterocycles. The minimum absolute atomic E-state index is 0. The molecule has 0 atom stereocenters. The molecule has 0 aliphatic rings. The van der Waals surface area contributed by atoms with Crippen molar-refractivity contribution in [3.8, 4) is 0 Å². The first-order chi connectivity index (χ1) is 6.04. The second-order valence-corrected chi connectivity index (χ2v) is 4.12. The summed E-state index contributed by atoms with van der Waals surface area (Å²) < 4.78 is 0. The third-order valence-corrected chi connectivity index (χ3v) is 2.34. The third kappa shape index (κ3) is 5.10. The summed E-state index contributed by atoms with van der Waals surface area (Å²) in [6.07, 6.45) is 0. The van der Waals surface area contributed by atoms with Crippen molar-refractivity contribution in [2.75, 3.05) is 0 Å². The number of hydrogen-bond donors (Lipinski definition) is 0. The molecule has 0 aliphatic carbocycles. The van der Waals surface area contributed by atoms with Gasteiger partial charge in [0.2, 0.25) is 0 Å². The Hall–Kier alpha value is 0.314. The van der Waals surface area contributed by atoms with E-state index in [0.717, 1.165) is 0 Å². The van der Waals surface area contributed by atoms with Gasteiger partial charge in [0.15, 0.2) is 0 Å². The molecule has 0 amide bonds. The largest absolute Gasteiger partial charge is 0.698 e. The van der Waals surface area contributed by atoms with Crippen LogP contribution in [0.3, 0.4) is 0 Å². The van der Waals surface area contributed by atoms with Crippen molar-refractivity contribution in [3.63, 3.8) is 0 Å². The van der Waals surface area contributed by atoms with Gasteiger partial charge < -0.3 is 5.73 Å². The molecule has 0 saturated heterocycles. The predicted molar refractivity (Wildman–Crippen MR) is 73.1 cm³/mol. The Morgan fingerprint density at radius 3 is 1.75 bits per heavy atom. The maximum Gasteiger partial charge on any atom is 0 e. The van der Waals surface area contributed by atoms with Gasteiger partial charge in [-0.3, -0.25) is 0 Å². The Morgan fingerprint density at radius 1 is 0.938 bits per heavy atom. The van der Waals surface area contributed by atoms with E-state index < -0.39 is 0 Å². The van der Waals surface area contributed by atoms with E-state index in [1.165, 1.54) is 11.1 Å². The zero-order valence-electron chi connectivity index (χ0n) is 10.2. The summed E-state index contributed by atoms with van der Waals surface area (Å²) in [5.41, 5.74) is 11.0. The van der Waals surface area contributed by atoms with Gasteiger partial charge in [-0.25, -0.2) is 0 Å². The number of nitrogens with one attached hydrogen (secondary N) is 1. The van der Waals surface area contributed by atoms with E-state index in [1.807, 2.05) is 12.1 Å². The van der Waals surface area contributed by atoms with Gasteiger partial charge >= 0.3 is 0 Å². The molecule has 0 fully saturated rings. The van der Waals surface area contributed by atoms with Gasteiger partial charge in [-0.15, -0.1) is 30.5 Å². The standard InChI is InChI=1S/C12H18N.2ClH.Ti/c1-8(2)10-6-5-7-11(13)12(10)9(3)4;;;/h5-9,13H,1-4H3;2*1H;/q-1;;;. The fourth-order valence-corrected chi connectivity index (χ4v) is 1.73. The molecule has 0 bridgehead atoms. The molecule has 1 rings (SSSR count). The van der Waals surface area contributed by atoms with E-state index in [1.54, 1.807) is 0 Å². The summed E-state index contributed by atoms with van der Waals surface area (Å²) in [4.78, 5) is 0. The van der Waals surface area contributed by atoms with Gasteiger partial charge in [-0.1, -0.05) is 51.5 Å². The molecule has 1 aromatic rings. The van der Waals surface area contributed by atoms with Crippen molar-refractivity contribution in [1.29, 1.82) is 0 Å². The normalized spacial score (nSPS) is 9.12. The van der Waals surface area contributed by atoms with E-state index in [-0.39, 0.29) is 46.5 Å². The van der Waals surface area contributed by atoms with Crippen LogP contribution in [0.25, 0.3) is 5.73 Å². The smallest absolute Gasteiger partial charge is 0 e. The maximum atomic E-state index is 7.84. The first-order valence-electron chi connectivity index (χ1n) is 4.88. The van der Waals surface area contributed by atoms with Crippen LogP contribution in [0.4, 0.5) is 5.69 Å². The molecule has 0 spiro atoms. The molecule has 92 valence electrons. The minimum atomic E-state index is 0. The Morgan fingerprint density at radius 2 is 1.44 bits per heavy atom. The Labute approximate surface area is 126 Å². The summed E-state index contributed by atoms with van der Waals surface area (Å²) in [6, 6.07) is 5.99. The van der Waals surface area contributed by atoms with Crippen molar-refractivity contribution in [1.82, 2.24) is 0 Å². The molecule has 1 aromatic carbocycles. The molecule has 16 heavy (non-hydrogen) atoms. The summed E-state index contributed by atoms with van der Waals surface area (Å²) in [7, 11) is 0. The van der Waals surface area contributed by atoms with Gasteiger partial charge in [-0.05, 0) is 17.4 Å². The average molecular weight is 297 g/mol. The topological polar surface area (TPSA) is 23.8 Å². The van der Waals surface area contributed by atoms with Crippen molar-refractivity contribution in [3.05, 3.63) is 35.1 Å². The molecule has 0 unspecified atom stereocenters. The van der Waals surface area contributed by atoms with Crippen molar-refractivity contribution >= 4 is 30.5 Å². The van der Waals surface area contributed by atoms with E-state index in [0.29, 0.717) is 17.5 Å². The van der Waals surface area contributed by atoms with E-state index >= 15 is 0 Å². The van der Waals surface area contributed by atoms with Gasteiger partial charge in [0.1, 0.15) is 0 Å². The van der Waals surface area contributed by atoms with Crippen LogP contribution in [0.15, 0.2) is 18.2 Å². The molecule has 1 N–H and O–H groups in total. The van der Waals surface area contributed by atoms with E-state index in [9.17, 15) is 0 Å². The summed E-state index contributed by atoms with van der Waals surface area (Å²) in [6.45, 7) is 8.67.